The minimum absolute atomic E-state index is 0.142. The van der Waals surface area contributed by atoms with Crippen molar-refractivity contribution in [2.45, 2.75) is 66.2 Å². The fraction of sp³-hybridized carbons (Fsp3) is 0.257. The minimum Gasteiger partial charge on any atom is -0.403 e. The van der Waals surface area contributed by atoms with Crippen molar-refractivity contribution in [3.8, 4) is 11.1 Å². The first kappa shape index (κ1) is 31.1. The topological polar surface area (TPSA) is 73.1 Å². The summed E-state index contributed by atoms with van der Waals surface area (Å²) in [5.74, 6) is -0.915. The Morgan fingerprint density at radius 3 is 2.40 bits per heavy atom. The molecule has 45 heavy (non-hydrogen) atoms. The molecule has 10 heteroatoms. The molecule has 2 heterocycles. The summed E-state index contributed by atoms with van der Waals surface area (Å²) < 4.78 is 47.5. The van der Waals surface area contributed by atoms with E-state index in [0.29, 0.717) is 38.3 Å². The number of fused-ring (bicyclic) bond motifs is 1. The fourth-order valence-electron chi connectivity index (χ4n) is 5.16. The summed E-state index contributed by atoms with van der Waals surface area (Å²) in [7, 11) is 0. The van der Waals surface area contributed by atoms with Gasteiger partial charge in [-0.15, -0.1) is 0 Å². The third-order valence-corrected chi connectivity index (χ3v) is 9.87. The number of halogens is 3. The van der Waals surface area contributed by atoms with Gasteiger partial charge in [0.15, 0.2) is 5.82 Å². The lowest BCUT2D eigenvalue weighted by Crippen LogP contribution is -2.07. The van der Waals surface area contributed by atoms with Crippen molar-refractivity contribution in [2.24, 2.45) is 5.92 Å². The second-order valence-electron chi connectivity index (χ2n) is 11.1. The number of benzene rings is 3. The van der Waals surface area contributed by atoms with E-state index in [2.05, 4.69) is 9.97 Å². The van der Waals surface area contributed by atoms with Crippen molar-refractivity contribution < 1.29 is 22.4 Å². The van der Waals surface area contributed by atoms with Crippen LogP contribution in [0, 0.1) is 11.7 Å². The van der Waals surface area contributed by atoms with E-state index in [1.165, 1.54) is 36.7 Å². The molecular weight excluding hydrogens is 618 g/mol. The van der Waals surface area contributed by atoms with Crippen LogP contribution in [0.5, 0.6) is 0 Å². The smallest absolute Gasteiger partial charge is 0.337 e. The van der Waals surface area contributed by atoms with E-state index >= 15 is 0 Å². The lowest BCUT2D eigenvalue weighted by atomic mass is 9.98. The second kappa shape index (κ2) is 13.6. The first-order valence-electron chi connectivity index (χ1n) is 14.7. The highest BCUT2D eigenvalue weighted by molar-refractivity contribution is 8.13. The van der Waals surface area contributed by atoms with Crippen LogP contribution in [0.25, 0.3) is 22.2 Å². The lowest BCUT2D eigenvalue weighted by Gasteiger charge is -2.13. The van der Waals surface area contributed by atoms with Crippen LogP contribution in [0.4, 0.5) is 13.2 Å². The summed E-state index contributed by atoms with van der Waals surface area (Å²) in [4.78, 5) is 34.8. The molecule has 0 aliphatic heterocycles. The minimum atomic E-state index is -2.94. The summed E-state index contributed by atoms with van der Waals surface area (Å²) in [5.41, 5.74) is 1.74. The van der Waals surface area contributed by atoms with E-state index in [4.69, 9.17) is 4.42 Å². The summed E-state index contributed by atoms with van der Waals surface area (Å²) in [6.45, 7) is 1.75. The van der Waals surface area contributed by atoms with E-state index in [-0.39, 0.29) is 21.7 Å². The van der Waals surface area contributed by atoms with Crippen LogP contribution in [0.1, 0.15) is 61.9 Å². The first-order valence-corrected chi connectivity index (χ1v) is 16.4. The Kier molecular flexibility index (Phi) is 9.42. The maximum absolute atomic E-state index is 14.9. The number of aromatic nitrogens is 2. The molecule has 0 amide bonds. The maximum atomic E-state index is 14.9. The van der Waals surface area contributed by atoms with Gasteiger partial charge in [0.1, 0.15) is 10.8 Å². The van der Waals surface area contributed by atoms with Crippen LogP contribution in [-0.4, -0.2) is 15.1 Å². The standard InChI is InChI=1S/C35H29F3N2O3S2/c1-20(23-12-17-27(28(36)18-23)22-7-3-2-4-8-22)35(42)45-26-15-13-25(14-16-26)44-34-30-24(9-5-6-21-10-11-21)19-29(41)43-33(30)39-32(40-34)31(37)38/h2-4,7-8,12-21,31H,5-6,9-11H2,1H3. The van der Waals surface area contributed by atoms with Gasteiger partial charge in [-0.05, 0) is 65.8 Å². The van der Waals surface area contributed by atoms with Gasteiger partial charge in [-0.25, -0.2) is 22.9 Å². The molecule has 1 saturated carbocycles. The highest BCUT2D eigenvalue weighted by Crippen LogP contribution is 2.38. The van der Waals surface area contributed by atoms with Crippen molar-refractivity contribution in [1.82, 2.24) is 9.97 Å². The molecule has 2 aromatic heterocycles. The summed E-state index contributed by atoms with van der Waals surface area (Å²) in [6, 6.07) is 22.6. The van der Waals surface area contributed by atoms with Gasteiger partial charge in [0, 0.05) is 21.4 Å². The average Bonchev–Trinajstić information content (AvgIpc) is 3.86. The van der Waals surface area contributed by atoms with Gasteiger partial charge in [-0.2, -0.15) is 4.98 Å². The van der Waals surface area contributed by atoms with Crippen LogP contribution in [0.15, 0.2) is 103 Å². The molecule has 5 nitrogen and oxygen atoms in total. The molecule has 1 atom stereocenters. The number of alkyl halides is 2. The van der Waals surface area contributed by atoms with Gasteiger partial charge in [0.05, 0.1) is 11.3 Å². The molecule has 0 N–H and O–H groups in total. The number of rotatable bonds is 11. The number of thioether (sulfide) groups is 1. The van der Waals surface area contributed by atoms with Gasteiger partial charge < -0.3 is 4.42 Å². The first-order chi connectivity index (χ1) is 21.7. The zero-order valence-corrected chi connectivity index (χ0v) is 26.0. The van der Waals surface area contributed by atoms with Crippen molar-refractivity contribution in [3.05, 3.63) is 112 Å². The lowest BCUT2D eigenvalue weighted by molar-refractivity contribution is -0.111. The van der Waals surface area contributed by atoms with Crippen molar-refractivity contribution in [1.29, 1.82) is 0 Å². The SMILES string of the molecule is CC(C(=O)Sc1ccc(Sc2nc(C(F)F)nc3oc(=O)cc(CCCC4CC4)c23)cc1)c1ccc(-c2ccccc2)c(F)c1. The Hall–Kier alpha value is -3.89. The highest BCUT2D eigenvalue weighted by Gasteiger charge is 2.23. The molecule has 1 fully saturated rings. The number of hydrogen-bond donors (Lipinski definition) is 0. The fourth-order valence-corrected chi connectivity index (χ4v) is 6.93. The zero-order valence-electron chi connectivity index (χ0n) is 24.3. The number of aryl methyl sites for hydroxylation is 1. The number of carbonyl (C=O) groups is 1. The van der Waals surface area contributed by atoms with E-state index in [1.807, 2.05) is 30.3 Å². The molecule has 0 saturated heterocycles. The molecule has 5 aromatic rings. The quantitative estimate of drug-likeness (QED) is 0.105. The number of carbonyl (C=O) groups excluding carboxylic acids is 1. The Morgan fingerprint density at radius 1 is 0.978 bits per heavy atom. The molecule has 3 aromatic carbocycles. The monoisotopic (exact) mass is 646 g/mol. The summed E-state index contributed by atoms with van der Waals surface area (Å²) >= 11 is 2.22. The van der Waals surface area contributed by atoms with Crippen LogP contribution in [0.3, 0.4) is 0 Å². The molecule has 1 aliphatic rings. The molecule has 0 bridgehead atoms. The second-order valence-corrected chi connectivity index (χ2v) is 13.3. The van der Waals surface area contributed by atoms with Crippen LogP contribution in [-0.2, 0) is 11.2 Å². The zero-order chi connectivity index (χ0) is 31.5. The molecule has 6 rings (SSSR count). The molecule has 1 aliphatic carbocycles. The highest BCUT2D eigenvalue weighted by atomic mass is 32.2. The predicted molar refractivity (Wildman–Crippen MR) is 170 cm³/mol. The van der Waals surface area contributed by atoms with E-state index < -0.39 is 23.8 Å². The van der Waals surface area contributed by atoms with E-state index in [9.17, 15) is 22.8 Å². The van der Waals surface area contributed by atoms with Crippen LogP contribution >= 0.6 is 23.5 Å². The van der Waals surface area contributed by atoms with Gasteiger partial charge in [0.2, 0.25) is 10.8 Å². The third kappa shape index (κ3) is 7.50. The van der Waals surface area contributed by atoms with E-state index in [1.54, 1.807) is 43.3 Å². The summed E-state index contributed by atoms with van der Waals surface area (Å²) in [6.07, 6.45) is 2.01. The van der Waals surface area contributed by atoms with Crippen molar-refractivity contribution >= 4 is 39.7 Å². The van der Waals surface area contributed by atoms with Gasteiger partial charge in [-0.1, -0.05) is 92.2 Å². The molecule has 1 unspecified atom stereocenters. The molecule has 0 radical (unpaired) electrons. The van der Waals surface area contributed by atoms with Crippen molar-refractivity contribution in [2.75, 3.05) is 0 Å². The average molecular weight is 647 g/mol. The Bertz CT molecular complexity index is 1900. The number of hydrogen-bond acceptors (Lipinski definition) is 7. The molecular formula is C35H29F3N2O3S2. The number of nitrogens with zero attached hydrogens (tertiary/aromatic N) is 2. The predicted octanol–water partition coefficient (Wildman–Crippen LogP) is 9.63. The Balaban J connectivity index is 1.19. The van der Waals surface area contributed by atoms with E-state index in [0.717, 1.165) is 36.1 Å². The van der Waals surface area contributed by atoms with Gasteiger partial charge in [0.25, 0.3) is 6.43 Å². The van der Waals surface area contributed by atoms with Gasteiger partial charge >= 0.3 is 5.63 Å². The summed E-state index contributed by atoms with van der Waals surface area (Å²) in [5, 5.41) is 0.607. The van der Waals surface area contributed by atoms with Crippen LogP contribution in [0.2, 0.25) is 0 Å². The van der Waals surface area contributed by atoms with Gasteiger partial charge in [-0.3, -0.25) is 4.79 Å². The van der Waals surface area contributed by atoms with Crippen molar-refractivity contribution in [3.63, 3.8) is 0 Å². The molecule has 230 valence electrons. The third-order valence-electron chi connectivity index (χ3n) is 7.81. The Labute approximate surface area is 266 Å². The van der Waals surface area contributed by atoms with Crippen LogP contribution < -0.4 is 5.63 Å². The molecule has 0 spiro atoms. The Morgan fingerprint density at radius 2 is 1.71 bits per heavy atom. The maximum Gasteiger partial charge on any atom is 0.337 e. The normalized spacial score (nSPS) is 13.8. The largest absolute Gasteiger partial charge is 0.403 e.